The molecule has 2 unspecified atom stereocenters. The van der Waals surface area contributed by atoms with E-state index in [1.807, 2.05) is 0 Å². The van der Waals surface area contributed by atoms with Gasteiger partial charge in [-0.05, 0) is 6.42 Å². The number of ether oxygens (including phenoxy) is 1. The molecule has 0 aromatic carbocycles. The van der Waals surface area contributed by atoms with Crippen LogP contribution in [0, 0.1) is 0 Å². The van der Waals surface area contributed by atoms with E-state index in [1.165, 1.54) is 32.1 Å². The largest absolute Gasteiger partial charge is 0.387 e. The van der Waals surface area contributed by atoms with E-state index in [2.05, 4.69) is 6.92 Å². The first kappa shape index (κ1) is 22.5. The van der Waals surface area contributed by atoms with Crippen molar-refractivity contribution in [2.24, 2.45) is 0 Å². The van der Waals surface area contributed by atoms with Crippen LogP contribution < -0.4 is 0 Å². The third-order valence-corrected chi connectivity index (χ3v) is 4.79. The SMILES string of the molecule is CCCCCCCCCCCC(=O)C(O)[C@H]1OC(O)[C@H](O)[C@@H](O)[C@H]1O. The van der Waals surface area contributed by atoms with Gasteiger partial charge in [-0.25, -0.2) is 0 Å². The molecule has 1 aliphatic heterocycles. The Bertz CT molecular complexity index is 376. The number of carbonyl (C=O) groups excluding carboxylic acids is 1. The van der Waals surface area contributed by atoms with Crippen molar-refractivity contribution in [3.05, 3.63) is 0 Å². The first-order valence-electron chi connectivity index (χ1n) is 9.48. The van der Waals surface area contributed by atoms with E-state index in [0.717, 1.165) is 19.3 Å². The predicted molar refractivity (Wildman–Crippen MR) is 91.8 cm³/mol. The number of rotatable bonds is 12. The highest BCUT2D eigenvalue weighted by Gasteiger charge is 2.47. The highest BCUT2D eigenvalue weighted by molar-refractivity contribution is 5.83. The Morgan fingerprint density at radius 2 is 1.36 bits per heavy atom. The van der Waals surface area contributed by atoms with Gasteiger partial charge in [0, 0.05) is 6.42 Å². The Morgan fingerprint density at radius 3 is 1.92 bits per heavy atom. The summed E-state index contributed by atoms with van der Waals surface area (Å²) in [5.74, 6) is -0.497. The number of unbranched alkanes of at least 4 members (excludes halogenated alkanes) is 8. The van der Waals surface area contributed by atoms with E-state index < -0.39 is 42.6 Å². The lowest BCUT2D eigenvalue weighted by Crippen LogP contribution is -2.61. The summed E-state index contributed by atoms with van der Waals surface area (Å²) in [6, 6.07) is 0. The van der Waals surface area contributed by atoms with Gasteiger partial charge in [-0.15, -0.1) is 0 Å². The maximum absolute atomic E-state index is 12.0. The third-order valence-electron chi connectivity index (χ3n) is 4.79. The topological polar surface area (TPSA) is 127 Å². The summed E-state index contributed by atoms with van der Waals surface area (Å²) in [6.07, 6.45) is 0.285. The van der Waals surface area contributed by atoms with Crippen LogP contribution in [0.2, 0.25) is 0 Å². The van der Waals surface area contributed by atoms with E-state index in [0.29, 0.717) is 6.42 Å². The van der Waals surface area contributed by atoms with Gasteiger partial charge in [-0.1, -0.05) is 58.3 Å². The summed E-state index contributed by atoms with van der Waals surface area (Å²) in [5, 5.41) is 48.3. The fourth-order valence-electron chi connectivity index (χ4n) is 3.09. The second-order valence-corrected chi connectivity index (χ2v) is 6.95. The monoisotopic (exact) mass is 362 g/mol. The van der Waals surface area contributed by atoms with Crippen LogP contribution in [0.4, 0.5) is 0 Å². The molecule has 0 radical (unpaired) electrons. The molecule has 148 valence electrons. The van der Waals surface area contributed by atoms with Crippen molar-refractivity contribution >= 4 is 5.78 Å². The van der Waals surface area contributed by atoms with Crippen LogP contribution in [0.25, 0.3) is 0 Å². The summed E-state index contributed by atoms with van der Waals surface area (Å²) in [4.78, 5) is 12.0. The van der Waals surface area contributed by atoms with Gasteiger partial charge in [0.1, 0.15) is 30.5 Å². The van der Waals surface area contributed by atoms with Crippen LogP contribution in [0.5, 0.6) is 0 Å². The molecule has 1 aliphatic rings. The van der Waals surface area contributed by atoms with Crippen LogP contribution >= 0.6 is 0 Å². The van der Waals surface area contributed by atoms with Crippen molar-refractivity contribution in [2.75, 3.05) is 0 Å². The van der Waals surface area contributed by atoms with Crippen LogP contribution in [0.1, 0.15) is 71.1 Å². The Hall–Kier alpha value is -0.570. The number of Topliss-reactive ketones (excluding diaryl/α,β-unsaturated/α-hetero) is 1. The molecule has 1 fully saturated rings. The number of ketones is 1. The Morgan fingerprint density at radius 1 is 0.840 bits per heavy atom. The summed E-state index contributed by atoms with van der Waals surface area (Å²) in [6.45, 7) is 2.19. The number of carbonyl (C=O) groups is 1. The molecule has 7 heteroatoms. The smallest absolute Gasteiger partial charge is 0.184 e. The lowest BCUT2D eigenvalue weighted by atomic mass is 9.92. The van der Waals surface area contributed by atoms with Crippen molar-refractivity contribution in [2.45, 2.75) is 108 Å². The summed E-state index contributed by atoms with van der Waals surface area (Å²) in [5.41, 5.74) is 0. The Balaban J connectivity index is 2.21. The van der Waals surface area contributed by atoms with Gasteiger partial charge in [0.05, 0.1) is 0 Å². The number of aliphatic hydroxyl groups is 5. The maximum Gasteiger partial charge on any atom is 0.184 e. The minimum Gasteiger partial charge on any atom is -0.387 e. The third kappa shape index (κ3) is 7.29. The first-order chi connectivity index (χ1) is 11.9. The summed E-state index contributed by atoms with van der Waals surface area (Å²) >= 11 is 0. The predicted octanol–water partition coefficient (Wildman–Crippen LogP) is 0.637. The average Bonchev–Trinajstić information content (AvgIpc) is 2.60. The van der Waals surface area contributed by atoms with E-state index in [4.69, 9.17) is 4.74 Å². The molecule has 1 saturated heterocycles. The maximum atomic E-state index is 12.0. The standard InChI is InChI=1S/C18H34O7/c1-2-3-4-5-6-7-8-9-10-11-12(19)13(20)17-15(22)14(21)16(23)18(24)25-17/h13-18,20-24H,2-11H2,1H3/t13?,14-,15+,16+,17+,18?/m0/s1. The van der Waals surface area contributed by atoms with E-state index in [1.54, 1.807) is 0 Å². The Kier molecular flexibility index (Phi) is 10.7. The second kappa shape index (κ2) is 11.9. The fourth-order valence-corrected chi connectivity index (χ4v) is 3.09. The second-order valence-electron chi connectivity index (χ2n) is 6.95. The molecule has 1 rings (SSSR count). The zero-order valence-electron chi connectivity index (χ0n) is 15.1. The van der Waals surface area contributed by atoms with Crippen molar-refractivity contribution in [1.82, 2.24) is 0 Å². The molecule has 0 bridgehead atoms. The molecule has 0 aliphatic carbocycles. The van der Waals surface area contributed by atoms with E-state index in [-0.39, 0.29) is 6.42 Å². The van der Waals surface area contributed by atoms with Crippen molar-refractivity contribution < 1.29 is 35.1 Å². The lowest BCUT2D eigenvalue weighted by Gasteiger charge is -2.39. The highest BCUT2D eigenvalue weighted by atomic mass is 16.6. The van der Waals surface area contributed by atoms with Crippen molar-refractivity contribution in [3.63, 3.8) is 0 Å². The molecule has 0 aromatic rings. The normalized spacial score (nSPS) is 31.0. The average molecular weight is 362 g/mol. The summed E-state index contributed by atoms with van der Waals surface area (Å²) < 4.78 is 4.88. The van der Waals surface area contributed by atoms with Crippen LogP contribution in [0.15, 0.2) is 0 Å². The summed E-state index contributed by atoms with van der Waals surface area (Å²) in [7, 11) is 0. The minimum atomic E-state index is -1.75. The fraction of sp³-hybridized carbons (Fsp3) is 0.944. The molecule has 25 heavy (non-hydrogen) atoms. The van der Waals surface area contributed by atoms with Gasteiger partial charge in [0.2, 0.25) is 0 Å². The zero-order valence-corrected chi connectivity index (χ0v) is 15.1. The van der Waals surface area contributed by atoms with Crippen molar-refractivity contribution in [3.8, 4) is 0 Å². The van der Waals surface area contributed by atoms with Gasteiger partial charge in [0.15, 0.2) is 12.1 Å². The van der Waals surface area contributed by atoms with Crippen LogP contribution in [-0.2, 0) is 9.53 Å². The number of aliphatic hydroxyl groups excluding tert-OH is 5. The molecule has 0 amide bonds. The van der Waals surface area contributed by atoms with Crippen LogP contribution in [-0.4, -0.2) is 68.1 Å². The van der Waals surface area contributed by atoms with Gasteiger partial charge in [-0.2, -0.15) is 0 Å². The van der Waals surface area contributed by atoms with Gasteiger partial charge < -0.3 is 30.3 Å². The number of hydrogen-bond acceptors (Lipinski definition) is 7. The molecule has 7 nitrogen and oxygen atoms in total. The highest BCUT2D eigenvalue weighted by Crippen LogP contribution is 2.23. The quantitative estimate of drug-likeness (QED) is 0.322. The molecule has 6 atom stereocenters. The van der Waals surface area contributed by atoms with Crippen LogP contribution in [0.3, 0.4) is 0 Å². The molecule has 0 spiro atoms. The first-order valence-corrected chi connectivity index (χ1v) is 9.48. The van der Waals surface area contributed by atoms with Gasteiger partial charge in [0.25, 0.3) is 0 Å². The minimum absolute atomic E-state index is 0.151. The van der Waals surface area contributed by atoms with Gasteiger partial charge in [-0.3, -0.25) is 4.79 Å². The molecule has 0 saturated carbocycles. The molecule has 5 N–H and O–H groups in total. The molecule has 1 heterocycles. The molecular weight excluding hydrogens is 328 g/mol. The van der Waals surface area contributed by atoms with E-state index >= 15 is 0 Å². The zero-order chi connectivity index (χ0) is 18.8. The lowest BCUT2D eigenvalue weighted by molar-refractivity contribution is -0.294. The molecule has 0 aromatic heterocycles. The Labute approximate surface area is 149 Å². The van der Waals surface area contributed by atoms with Gasteiger partial charge >= 0.3 is 0 Å². The number of hydrogen-bond donors (Lipinski definition) is 5. The van der Waals surface area contributed by atoms with Crippen molar-refractivity contribution in [1.29, 1.82) is 0 Å². The molecular formula is C18H34O7. The van der Waals surface area contributed by atoms with E-state index in [9.17, 15) is 30.3 Å².